The number of likely N-dealkylation sites (tertiary alicyclic amines) is 1. The van der Waals surface area contributed by atoms with Gasteiger partial charge in [0.2, 0.25) is 0 Å². The third kappa shape index (κ3) is 4.60. The Morgan fingerprint density at radius 3 is 2.71 bits per heavy atom. The fraction of sp³-hybridized carbons (Fsp3) is 0.250. The van der Waals surface area contributed by atoms with Crippen LogP contribution < -0.4 is 0 Å². The largest absolute Gasteiger partial charge is 0.389 e. The van der Waals surface area contributed by atoms with Gasteiger partial charge in [-0.2, -0.15) is 0 Å². The Kier molecular flexibility index (Phi) is 5.74. The smallest absolute Gasteiger partial charge is 0.254 e. The third-order valence-electron chi connectivity index (χ3n) is 5.62. The van der Waals surface area contributed by atoms with E-state index in [1.165, 1.54) is 24.5 Å². The van der Waals surface area contributed by atoms with Gasteiger partial charge in [0.05, 0.1) is 17.9 Å². The zero-order valence-corrected chi connectivity index (χ0v) is 16.8. The first-order chi connectivity index (χ1) is 15.0. The second-order valence-electron chi connectivity index (χ2n) is 7.76. The lowest BCUT2D eigenvalue weighted by Gasteiger charge is -2.38. The van der Waals surface area contributed by atoms with Gasteiger partial charge in [-0.15, -0.1) is 0 Å². The summed E-state index contributed by atoms with van der Waals surface area (Å²) in [6, 6.07) is 12.9. The molecule has 1 fully saturated rings. The number of aliphatic hydroxyl groups is 1. The van der Waals surface area contributed by atoms with Crippen molar-refractivity contribution in [1.82, 2.24) is 14.9 Å². The number of carbonyl (C=O) groups is 1. The molecule has 1 N–H and O–H groups in total. The predicted octanol–water partition coefficient (Wildman–Crippen LogP) is 4.04. The fourth-order valence-electron chi connectivity index (χ4n) is 3.95. The van der Waals surface area contributed by atoms with Gasteiger partial charge < -0.3 is 10.0 Å². The van der Waals surface area contributed by atoms with E-state index in [1.807, 2.05) is 12.1 Å². The van der Waals surface area contributed by atoms with Crippen molar-refractivity contribution in [3.63, 3.8) is 0 Å². The summed E-state index contributed by atoms with van der Waals surface area (Å²) < 4.78 is 13.9. The molecule has 0 aliphatic carbocycles. The lowest BCUT2D eigenvalue weighted by atomic mass is 9.85. The molecular formula is C24H21FN4O2. The van der Waals surface area contributed by atoms with Crippen LogP contribution in [0.1, 0.15) is 28.8 Å². The van der Waals surface area contributed by atoms with Crippen LogP contribution >= 0.6 is 0 Å². The van der Waals surface area contributed by atoms with E-state index in [2.05, 4.69) is 14.8 Å². The summed E-state index contributed by atoms with van der Waals surface area (Å²) in [4.78, 5) is 26.3. The Morgan fingerprint density at radius 2 is 2.00 bits per heavy atom. The van der Waals surface area contributed by atoms with Crippen molar-refractivity contribution in [3.05, 3.63) is 89.4 Å². The molecule has 3 aromatic rings. The maximum absolute atomic E-state index is 13.9. The van der Waals surface area contributed by atoms with Crippen molar-refractivity contribution < 1.29 is 14.3 Å². The van der Waals surface area contributed by atoms with E-state index < -0.39 is 11.4 Å². The molecule has 0 spiro atoms. The second-order valence-corrected chi connectivity index (χ2v) is 7.76. The average Bonchev–Trinajstić information content (AvgIpc) is 2.79. The number of benzene rings is 2. The Hall–Kier alpha value is -3.63. The van der Waals surface area contributed by atoms with Gasteiger partial charge >= 0.3 is 0 Å². The minimum atomic E-state index is -0.935. The maximum atomic E-state index is 13.9. The van der Waals surface area contributed by atoms with E-state index in [0.29, 0.717) is 54.9 Å². The molecule has 1 aliphatic heterocycles. The van der Waals surface area contributed by atoms with Gasteiger partial charge in [-0.05, 0) is 37.1 Å². The lowest BCUT2D eigenvalue weighted by Crippen LogP contribution is -2.47. The van der Waals surface area contributed by atoms with Crippen LogP contribution in [0.15, 0.2) is 61.1 Å². The number of nitrogens with zero attached hydrogens (tertiary/aromatic N) is 4. The van der Waals surface area contributed by atoms with Crippen molar-refractivity contribution in [1.29, 1.82) is 0 Å². The van der Waals surface area contributed by atoms with E-state index in [1.54, 1.807) is 29.3 Å². The van der Waals surface area contributed by atoms with Crippen molar-refractivity contribution in [2.75, 3.05) is 13.1 Å². The first-order valence-electron chi connectivity index (χ1n) is 10.0. The summed E-state index contributed by atoms with van der Waals surface area (Å²) in [6.45, 7) is 7.92. The first kappa shape index (κ1) is 20.6. The third-order valence-corrected chi connectivity index (χ3v) is 5.62. The van der Waals surface area contributed by atoms with E-state index in [-0.39, 0.29) is 5.91 Å². The molecule has 31 heavy (non-hydrogen) atoms. The summed E-state index contributed by atoms with van der Waals surface area (Å²) in [5.74, 6) is -0.662. The highest BCUT2D eigenvalue weighted by Crippen LogP contribution is 2.30. The molecule has 1 aliphatic rings. The molecular weight excluding hydrogens is 395 g/mol. The monoisotopic (exact) mass is 416 g/mol. The van der Waals surface area contributed by atoms with Gasteiger partial charge in [-0.3, -0.25) is 4.79 Å². The van der Waals surface area contributed by atoms with Crippen LogP contribution in [0, 0.1) is 12.4 Å². The molecule has 0 unspecified atom stereocenters. The number of rotatable bonds is 4. The zero-order chi connectivity index (χ0) is 21.8. The zero-order valence-electron chi connectivity index (χ0n) is 16.8. The van der Waals surface area contributed by atoms with Crippen LogP contribution in [0.4, 0.5) is 10.1 Å². The van der Waals surface area contributed by atoms with E-state index >= 15 is 0 Å². The van der Waals surface area contributed by atoms with Crippen molar-refractivity contribution >= 4 is 11.6 Å². The van der Waals surface area contributed by atoms with E-state index in [9.17, 15) is 14.3 Å². The number of piperidine rings is 1. The molecule has 2 aromatic carbocycles. The molecule has 6 nitrogen and oxygen atoms in total. The van der Waals surface area contributed by atoms with Gasteiger partial charge in [0, 0.05) is 36.8 Å². The Labute approximate surface area is 179 Å². The normalized spacial score (nSPS) is 15.3. The van der Waals surface area contributed by atoms with Gasteiger partial charge in [-0.25, -0.2) is 19.2 Å². The molecule has 0 saturated carbocycles. The van der Waals surface area contributed by atoms with Gasteiger partial charge in [0.15, 0.2) is 5.69 Å². The van der Waals surface area contributed by atoms with Gasteiger partial charge in [0.25, 0.3) is 5.91 Å². The molecule has 0 radical (unpaired) electrons. The van der Waals surface area contributed by atoms with Crippen LogP contribution in [-0.2, 0) is 6.42 Å². The highest BCUT2D eigenvalue weighted by Gasteiger charge is 2.35. The molecule has 2 heterocycles. The molecule has 0 atom stereocenters. The summed E-state index contributed by atoms with van der Waals surface area (Å²) in [6.07, 6.45) is 4.18. The standard InChI is InChI=1S/C24H21FN4O2/c1-26-19-4-2-3-17(13-19)15-24(31)8-11-29(12-9-24)23(30)20-6-5-18(25)14-21(20)22-7-10-27-16-28-22/h2-7,10,13-14,16,31H,8-9,11-12,15H2. The number of amides is 1. The van der Waals surface area contributed by atoms with Gasteiger partial charge in [-0.1, -0.05) is 29.8 Å². The predicted molar refractivity (Wildman–Crippen MR) is 114 cm³/mol. The maximum Gasteiger partial charge on any atom is 0.254 e. The van der Waals surface area contributed by atoms with Crippen LogP contribution in [0.5, 0.6) is 0 Å². The molecule has 1 saturated heterocycles. The number of aromatic nitrogens is 2. The van der Waals surface area contributed by atoms with Crippen molar-refractivity contribution in [2.45, 2.75) is 24.9 Å². The van der Waals surface area contributed by atoms with Crippen LogP contribution in [0.2, 0.25) is 0 Å². The second kappa shape index (κ2) is 8.62. The highest BCUT2D eigenvalue weighted by atomic mass is 19.1. The average molecular weight is 416 g/mol. The Bertz CT molecular complexity index is 1140. The summed E-state index contributed by atoms with van der Waals surface area (Å²) in [5.41, 5.74) is 1.78. The Morgan fingerprint density at radius 1 is 1.19 bits per heavy atom. The molecule has 1 amide bonds. The molecule has 0 bridgehead atoms. The lowest BCUT2D eigenvalue weighted by molar-refractivity contribution is -0.0162. The Balaban J connectivity index is 1.49. The topological polar surface area (TPSA) is 70.7 Å². The number of hydrogen-bond donors (Lipinski definition) is 1. The molecule has 156 valence electrons. The van der Waals surface area contributed by atoms with Crippen molar-refractivity contribution in [2.24, 2.45) is 0 Å². The minimum Gasteiger partial charge on any atom is -0.389 e. The molecule has 4 rings (SSSR count). The number of hydrogen-bond acceptors (Lipinski definition) is 4. The molecule has 7 heteroatoms. The summed E-state index contributed by atoms with van der Waals surface area (Å²) in [7, 11) is 0. The fourth-order valence-corrected chi connectivity index (χ4v) is 3.95. The molecule has 1 aromatic heterocycles. The first-order valence-corrected chi connectivity index (χ1v) is 10.0. The summed E-state index contributed by atoms with van der Waals surface area (Å²) in [5, 5.41) is 11.0. The SMILES string of the molecule is [C-]#[N+]c1cccc(CC2(O)CCN(C(=O)c3ccc(F)cc3-c3ccncn3)CC2)c1. The minimum absolute atomic E-state index is 0.217. The van der Waals surface area contributed by atoms with E-state index in [4.69, 9.17) is 6.57 Å². The van der Waals surface area contributed by atoms with Crippen molar-refractivity contribution in [3.8, 4) is 11.3 Å². The van der Waals surface area contributed by atoms with Crippen LogP contribution in [0.25, 0.3) is 16.1 Å². The quantitative estimate of drug-likeness (QED) is 0.652. The van der Waals surface area contributed by atoms with Gasteiger partial charge in [0.1, 0.15) is 12.1 Å². The number of carbonyl (C=O) groups excluding carboxylic acids is 1. The summed E-state index contributed by atoms with van der Waals surface area (Å²) >= 11 is 0. The van der Waals surface area contributed by atoms with Crippen LogP contribution in [-0.4, -0.2) is 44.6 Å². The van der Waals surface area contributed by atoms with Crippen LogP contribution in [0.3, 0.4) is 0 Å². The highest BCUT2D eigenvalue weighted by molar-refractivity contribution is 6.00. The number of halogens is 1. The van der Waals surface area contributed by atoms with E-state index in [0.717, 1.165) is 5.56 Å².